The van der Waals surface area contributed by atoms with Crippen molar-refractivity contribution in [3.63, 3.8) is 0 Å². The molecule has 0 fully saturated rings. The monoisotopic (exact) mass is 220 g/mol. The van der Waals surface area contributed by atoms with Crippen LogP contribution in [0.5, 0.6) is 0 Å². The van der Waals surface area contributed by atoms with Gasteiger partial charge in [-0.05, 0) is 17.3 Å². The molecule has 0 radical (unpaired) electrons. The van der Waals surface area contributed by atoms with E-state index in [0.29, 0.717) is 0 Å². The van der Waals surface area contributed by atoms with Crippen LogP contribution in [0.2, 0.25) is 0 Å². The third-order valence-electron chi connectivity index (χ3n) is 2.57. The van der Waals surface area contributed by atoms with Gasteiger partial charge in [-0.3, -0.25) is 0 Å². The zero-order valence-corrected chi connectivity index (χ0v) is 11.2. The van der Waals surface area contributed by atoms with Crippen molar-refractivity contribution in [3.8, 4) is 0 Å². The molecule has 0 aromatic heterocycles. The van der Waals surface area contributed by atoms with Crippen LogP contribution >= 0.6 is 0 Å². The molecule has 0 amide bonds. The summed E-state index contributed by atoms with van der Waals surface area (Å²) in [5.41, 5.74) is 0.112. The predicted molar refractivity (Wildman–Crippen MR) is 62.2 cm³/mol. The molecule has 0 N–H and O–H groups in total. The predicted octanol–water partition coefficient (Wildman–Crippen LogP) is 2.88. The molecular formula is C11H24O2S. The van der Waals surface area contributed by atoms with Crippen LogP contribution in [0.15, 0.2) is 0 Å². The van der Waals surface area contributed by atoms with E-state index in [1.807, 2.05) is 13.8 Å². The van der Waals surface area contributed by atoms with E-state index in [1.165, 1.54) is 6.26 Å². The van der Waals surface area contributed by atoms with Gasteiger partial charge in [-0.2, -0.15) is 0 Å². The Morgan fingerprint density at radius 2 is 1.43 bits per heavy atom. The lowest BCUT2D eigenvalue weighted by atomic mass is 9.75. The fraction of sp³-hybridized carbons (Fsp3) is 1.00. The summed E-state index contributed by atoms with van der Waals surface area (Å²) in [6.07, 6.45) is 3.34. The van der Waals surface area contributed by atoms with E-state index in [4.69, 9.17) is 0 Å². The minimum atomic E-state index is -2.86. The Kier molecular flexibility index (Phi) is 4.20. The molecule has 0 aromatic carbocycles. The fourth-order valence-electron chi connectivity index (χ4n) is 2.18. The molecule has 0 atom stereocenters. The molecule has 0 bridgehead atoms. The Hall–Kier alpha value is -0.0500. The molecule has 14 heavy (non-hydrogen) atoms. The third kappa shape index (κ3) is 6.41. The number of hydrogen-bond acceptors (Lipinski definition) is 2. The lowest BCUT2D eigenvalue weighted by Gasteiger charge is -2.33. The highest BCUT2D eigenvalue weighted by Gasteiger charge is 2.30. The molecule has 0 aromatic rings. The summed E-state index contributed by atoms with van der Waals surface area (Å²) < 4.78 is 22.4. The van der Waals surface area contributed by atoms with Crippen molar-refractivity contribution in [3.05, 3.63) is 0 Å². The third-order valence-corrected chi connectivity index (χ3v) is 3.87. The van der Waals surface area contributed by atoms with Gasteiger partial charge in [-0.25, -0.2) is 8.42 Å². The SMILES string of the molecule is CCC(C)(C)CC(C)(C)CS(C)(=O)=O. The minimum absolute atomic E-state index is 0.118. The van der Waals surface area contributed by atoms with Crippen molar-refractivity contribution >= 4 is 9.84 Å². The van der Waals surface area contributed by atoms with Gasteiger partial charge in [0.05, 0.1) is 5.75 Å². The van der Waals surface area contributed by atoms with E-state index < -0.39 is 9.84 Å². The van der Waals surface area contributed by atoms with Crippen LogP contribution in [0.4, 0.5) is 0 Å². The van der Waals surface area contributed by atoms with E-state index in [9.17, 15) is 8.42 Å². The highest BCUT2D eigenvalue weighted by atomic mass is 32.2. The first-order chi connectivity index (χ1) is 5.97. The van der Waals surface area contributed by atoms with Gasteiger partial charge in [0.25, 0.3) is 0 Å². The van der Waals surface area contributed by atoms with Gasteiger partial charge in [-0.15, -0.1) is 0 Å². The molecule has 0 saturated carbocycles. The van der Waals surface area contributed by atoms with Gasteiger partial charge in [0.15, 0.2) is 0 Å². The molecule has 0 spiro atoms. The molecule has 3 heteroatoms. The van der Waals surface area contributed by atoms with Gasteiger partial charge < -0.3 is 0 Å². The summed E-state index contributed by atoms with van der Waals surface area (Å²) in [7, 11) is -2.86. The Morgan fingerprint density at radius 1 is 1.00 bits per heavy atom. The summed E-state index contributed by atoms with van der Waals surface area (Å²) in [5.74, 6) is 0.281. The Balaban J connectivity index is 4.50. The summed E-state index contributed by atoms with van der Waals surface area (Å²) in [5, 5.41) is 0. The first kappa shape index (κ1) is 13.9. The fourth-order valence-corrected chi connectivity index (χ4v) is 3.70. The van der Waals surface area contributed by atoms with Crippen molar-refractivity contribution in [2.24, 2.45) is 10.8 Å². The maximum absolute atomic E-state index is 11.2. The topological polar surface area (TPSA) is 34.1 Å². The van der Waals surface area contributed by atoms with Crippen LogP contribution in [0.1, 0.15) is 47.5 Å². The zero-order chi connectivity index (χ0) is 11.6. The lowest BCUT2D eigenvalue weighted by molar-refractivity contribution is 0.208. The molecule has 0 saturated heterocycles. The minimum Gasteiger partial charge on any atom is -0.229 e. The van der Waals surface area contributed by atoms with Gasteiger partial charge in [0, 0.05) is 6.26 Å². The van der Waals surface area contributed by atoms with Gasteiger partial charge >= 0.3 is 0 Å². The van der Waals surface area contributed by atoms with Crippen molar-refractivity contribution in [1.82, 2.24) is 0 Å². The van der Waals surface area contributed by atoms with E-state index in [2.05, 4.69) is 20.8 Å². The molecule has 0 aliphatic carbocycles. The average molecular weight is 220 g/mol. The van der Waals surface area contributed by atoms with Crippen LogP contribution < -0.4 is 0 Å². The average Bonchev–Trinajstić information content (AvgIpc) is 1.78. The van der Waals surface area contributed by atoms with E-state index in [-0.39, 0.29) is 16.6 Å². The molecular weight excluding hydrogens is 196 g/mol. The second-order valence-corrected chi connectivity index (χ2v) is 8.07. The summed E-state index contributed by atoms with van der Waals surface area (Å²) >= 11 is 0. The van der Waals surface area contributed by atoms with Crippen molar-refractivity contribution < 1.29 is 8.42 Å². The van der Waals surface area contributed by atoms with Gasteiger partial charge in [0.1, 0.15) is 9.84 Å². The molecule has 0 aliphatic heterocycles. The normalized spacial score (nSPS) is 14.4. The Bertz CT molecular complexity index is 274. The highest BCUT2D eigenvalue weighted by molar-refractivity contribution is 7.90. The zero-order valence-electron chi connectivity index (χ0n) is 10.3. The first-order valence-corrected chi connectivity index (χ1v) is 7.21. The van der Waals surface area contributed by atoms with Crippen LogP contribution in [0, 0.1) is 10.8 Å². The second-order valence-electron chi connectivity index (χ2n) is 5.93. The smallest absolute Gasteiger partial charge is 0.147 e. The van der Waals surface area contributed by atoms with Crippen LogP contribution in [0.3, 0.4) is 0 Å². The Labute approximate surface area is 89.0 Å². The molecule has 0 rings (SSSR count). The largest absolute Gasteiger partial charge is 0.229 e. The van der Waals surface area contributed by atoms with Gasteiger partial charge in [0.2, 0.25) is 0 Å². The number of rotatable bonds is 5. The number of sulfone groups is 1. The molecule has 0 aliphatic rings. The van der Waals surface area contributed by atoms with Crippen molar-refractivity contribution in [1.29, 1.82) is 0 Å². The molecule has 0 heterocycles. The van der Waals surface area contributed by atoms with Crippen LogP contribution in [-0.2, 0) is 9.84 Å². The quantitative estimate of drug-likeness (QED) is 0.714. The second kappa shape index (κ2) is 4.21. The van der Waals surface area contributed by atoms with E-state index >= 15 is 0 Å². The molecule has 86 valence electrons. The van der Waals surface area contributed by atoms with Crippen LogP contribution in [0.25, 0.3) is 0 Å². The first-order valence-electron chi connectivity index (χ1n) is 5.15. The summed E-state index contributed by atoms with van der Waals surface area (Å²) in [6.45, 7) is 10.6. The number of hydrogen-bond donors (Lipinski definition) is 0. The van der Waals surface area contributed by atoms with Crippen molar-refractivity contribution in [2.45, 2.75) is 47.5 Å². The highest BCUT2D eigenvalue weighted by Crippen LogP contribution is 2.36. The standard InChI is InChI=1S/C11H24O2S/c1-7-10(2,3)8-11(4,5)9-14(6,12)13/h7-9H2,1-6H3. The maximum atomic E-state index is 11.2. The van der Waals surface area contributed by atoms with Crippen molar-refractivity contribution in [2.75, 3.05) is 12.0 Å². The van der Waals surface area contributed by atoms with E-state index in [1.54, 1.807) is 0 Å². The van der Waals surface area contributed by atoms with Gasteiger partial charge in [-0.1, -0.05) is 41.0 Å². The van der Waals surface area contributed by atoms with E-state index in [0.717, 1.165) is 12.8 Å². The molecule has 2 nitrogen and oxygen atoms in total. The van der Waals surface area contributed by atoms with Crippen LogP contribution in [-0.4, -0.2) is 20.4 Å². The Morgan fingerprint density at radius 3 is 1.71 bits per heavy atom. The summed E-state index contributed by atoms with van der Waals surface area (Å²) in [6, 6.07) is 0. The lowest BCUT2D eigenvalue weighted by Crippen LogP contribution is -2.29. The maximum Gasteiger partial charge on any atom is 0.147 e. The molecule has 0 unspecified atom stereocenters. The summed E-state index contributed by atoms with van der Waals surface area (Å²) in [4.78, 5) is 0.